The van der Waals surface area contributed by atoms with Crippen LogP contribution in [0.2, 0.25) is 5.15 Å². The van der Waals surface area contributed by atoms with Crippen LogP contribution in [0.25, 0.3) is 0 Å². The maximum atomic E-state index is 13.0. The number of rotatable bonds is 4. The van der Waals surface area contributed by atoms with E-state index < -0.39 is 0 Å². The van der Waals surface area contributed by atoms with Gasteiger partial charge in [0.1, 0.15) is 11.0 Å². The highest BCUT2D eigenvalue weighted by Crippen LogP contribution is 2.24. The summed E-state index contributed by atoms with van der Waals surface area (Å²) in [5, 5.41) is 2.99. The summed E-state index contributed by atoms with van der Waals surface area (Å²) in [5.74, 6) is -0.693. The molecule has 0 atom stereocenters. The number of aryl methyl sites for hydroxylation is 1. The van der Waals surface area contributed by atoms with Crippen LogP contribution in [0.15, 0.2) is 34.8 Å². The second-order valence-corrected chi connectivity index (χ2v) is 5.74. The van der Waals surface area contributed by atoms with Gasteiger partial charge in [-0.1, -0.05) is 24.9 Å². The quantitative estimate of drug-likeness (QED) is 0.781. The molecule has 0 aliphatic carbocycles. The van der Waals surface area contributed by atoms with Crippen LogP contribution in [-0.2, 0) is 6.42 Å². The number of hydrogen-bond donors (Lipinski definition) is 1. The van der Waals surface area contributed by atoms with Crippen LogP contribution in [0.5, 0.6) is 0 Å². The molecule has 6 heteroatoms. The average Bonchev–Trinajstić information content (AvgIpc) is 2.41. The highest BCUT2D eigenvalue weighted by molar-refractivity contribution is 9.10. The van der Waals surface area contributed by atoms with Crippen molar-refractivity contribution in [3.8, 4) is 0 Å². The molecule has 0 bridgehead atoms. The second-order valence-electron chi connectivity index (χ2n) is 4.50. The first-order valence-corrected chi connectivity index (χ1v) is 7.59. The number of nitrogens with zero attached hydrogens (tertiary/aromatic N) is 1. The number of anilines is 1. The van der Waals surface area contributed by atoms with Gasteiger partial charge < -0.3 is 5.32 Å². The molecule has 0 unspecified atom stereocenters. The van der Waals surface area contributed by atoms with Crippen LogP contribution in [0, 0.1) is 5.82 Å². The molecule has 0 fully saturated rings. The Bertz CT molecular complexity index is 679. The minimum absolute atomic E-state index is 0.282. The zero-order valence-corrected chi connectivity index (χ0v) is 13.6. The minimum atomic E-state index is -0.378. The van der Waals surface area contributed by atoms with Crippen molar-refractivity contribution >= 4 is 39.1 Å². The Morgan fingerprint density at radius 3 is 2.81 bits per heavy atom. The number of halogens is 3. The third-order valence-electron chi connectivity index (χ3n) is 2.79. The van der Waals surface area contributed by atoms with E-state index in [4.69, 9.17) is 11.6 Å². The van der Waals surface area contributed by atoms with Crippen molar-refractivity contribution in [3.63, 3.8) is 0 Å². The lowest BCUT2D eigenvalue weighted by molar-refractivity contribution is 0.102. The summed E-state index contributed by atoms with van der Waals surface area (Å²) in [7, 11) is 0. The molecule has 3 nitrogen and oxygen atoms in total. The number of aromatic nitrogens is 1. The minimum Gasteiger partial charge on any atom is -0.321 e. The van der Waals surface area contributed by atoms with Crippen LogP contribution in [0.3, 0.4) is 0 Å². The van der Waals surface area contributed by atoms with Crippen molar-refractivity contribution in [1.29, 1.82) is 0 Å². The van der Waals surface area contributed by atoms with E-state index in [1.807, 2.05) is 6.92 Å². The first-order valence-electron chi connectivity index (χ1n) is 6.42. The predicted molar refractivity (Wildman–Crippen MR) is 85.3 cm³/mol. The van der Waals surface area contributed by atoms with Crippen molar-refractivity contribution in [2.75, 3.05) is 5.32 Å². The fraction of sp³-hybridized carbons (Fsp3) is 0.200. The molecule has 0 aliphatic heterocycles. The normalized spacial score (nSPS) is 10.5. The van der Waals surface area contributed by atoms with Gasteiger partial charge in [-0.3, -0.25) is 4.79 Å². The molecule has 110 valence electrons. The molecule has 1 amide bonds. The Hall–Kier alpha value is -1.46. The molecule has 1 aromatic heterocycles. The molecule has 0 saturated carbocycles. The van der Waals surface area contributed by atoms with Crippen LogP contribution in [-0.4, -0.2) is 10.9 Å². The summed E-state index contributed by atoms with van der Waals surface area (Å²) in [6, 6.07) is 7.28. The fourth-order valence-corrected chi connectivity index (χ4v) is 2.53. The molecular weight excluding hydrogens is 359 g/mol. The summed E-state index contributed by atoms with van der Waals surface area (Å²) < 4.78 is 13.5. The maximum Gasteiger partial charge on any atom is 0.255 e. The van der Waals surface area contributed by atoms with Crippen molar-refractivity contribution in [2.45, 2.75) is 19.8 Å². The molecule has 0 spiro atoms. The predicted octanol–water partition coefficient (Wildman–Crippen LogP) is 4.84. The zero-order valence-electron chi connectivity index (χ0n) is 11.3. The van der Waals surface area contributed by atoms with Gasteiger partial charge in [-0.25, -0.2) is 9.37 Å². The van der Waals surface area contributed by atoms with Gasteiger partial charge in [0.25, 0.3) is 5.91 Å². The van der Waals surface area contributed by atoms with Crippen LogP contribution < -0.4 is 5.32 Å². The Balaban J connectivity index is 2.23. The first kappa shape index (κ1) is 15.9. The van der Waals surface area contributed by atoms with Crippen molar-refractivity contribution in [1.82, 2.24) is 4.98 Å². The smallest absolute Gasteiger partial charge is 0.255 e. The van der Waals surface area contributed by atoms with E-state index in [2.05, 4.69) is 26.2 Å². The third kappa shape index (κ3) is 4.25. The average molecular weight is 372 g/mol. The van der Waals surface area contributed by atoms with Gasteiger partial charge in [0.2, 0.25) is 0 Å². The monoisotopic (exact) mass is 370 g/mol. The molecular formula is C15H13BrClFN2O. The number of benzene rings is 1. The fourth-order valence-electron chi connectivity index (χ4n) is 1.85. The number of hydrogen-bond acceptors (Lipinski definition) is 2. The molecule has 2 aromatic rings. The van der Waals surface area contributed by atoms with E-state index in [0.717, 1.165) is 18.5 Å². The summed E-state index contributed by atoms with van der Waals surface area (Å²) in [6.07, 6.45) is 1.67. The molecule has 21 heavy (non-hydrogen) atoms. The lowest BCUT2D eigenvalue weighted by Gasteiger charge is -2.09. The molecule has 1 heterocycles. The van der Waals surface area contributed by atoms with E-state index in [0.29, 0.717) is 15.7 Å². The highest BCUT2D eigenvalue weighted by Gasteiger charge is 2.11. The largest absolute Gasteiger partial charge is 0.321 e. The summed E-state index contributed by atoms with van der Waals surface area (Å²) in [4.78, 5) is 16.4. The van der Waals surface area contributed by atoms with E-state index in [9.17, 15) is 9.18 Å². The lowest BCUT2D eigenvalue weighted by Crippen LogP contribution is -2.13. The number of pyridine rings is 1. The lowest BCUT2D eigenvalue weighted by atomic mass is 10.1. The molecule has 0 saturated heterocycles. The number of carbonyl (C=O) groups excluding carboxylic acids is 1. The Kier molecular flexibility index (Phi) is 5.31. The summed E-state index contributed by atoms with van der Waals surface area (Å²) in [5.41, 5.74) is 1.69. The number of carbonyl (C=O) groups is 1. The van der Waals surface area contributed by atoms with Crippen LogP contribution >= 0.6 is 27.5 Å². The number of nitrogens with one attached hydrogen (secondary N) is 1. The Labute approximate surface area is 135 Å². The first-order chi connectivity index (χ1) is 9.99. The van der Waals surface area contributed by atoms with Crippen LogP contribution in [0.1, 0.15) is 29.4 Å². The summed E-state index contributed by atoms with van der Waals surface area (Å²) in [6.45, 7) is 2.03. The van der Waals surface area contributed by atoms with E-state index in [-0.39, 0.29) is 16.9 Å². The van der Waals surface area contributed by atoms with Gasteiger partial charge >= 0.3 is 0 Å². The molecule has 1 aromatic carbocycles. The van der Waals surface area contributed by atoms with Crippen molar-refractivity contribution in [3.05, 3.63) is 57.0 Å². The maximum absolute atomic E-state index is 13.0. The standard InChI is InChI=1S/C15H13BrClFN2O/c1-2-3-11-6-9(7-14(17)19-11)15(21)20-13-5-4-10(18)8-12(13)16/h4-8H,2-3H2,1H3,(H,20,21). The van der Waals surface area contributed by atoms with Gasteiger partial charge in [-0.05, 0) is 52.7 Å². The second kappa shape index (κ2) is 7.00. The van der Waals surface area contributed by atoms with Gasteiger partial charge in [0.05, 0.1) is 5.69 Å². The van der Waals surface area contributed by atoms with E-state index in [1.165, 1.54) is 24.3 Å². The Morgan fingerprint density at radius 2 is 2.14 bits per heavy atom. The highest BCUT2D eigenvalue weighted by atomic mass is 79.9. The van der Waals surface area contributed by atoms with Crippen molar-refractivity contribution < 1.29 is 9.18 Å². The Morgan fingerprint density at radius 1 is 1.38 bits per heavy atom. The third-order valence-corrected chi connectivity index (χ3v) is 3.64. The molecule has 0 aliphatic rings. The van der Waals surface area contributed by atoms with E-state index in [1.54, 1.807) is 6.07 Å². The van der Waals surface area contributed by atoms with Gasteiger partial charge in [0, 0.05) is 15.7 Å². The van der Waals surface area contributed by atoms with Gasteiger partial charge in [-0.2, -0.15) is 0 Å². The number of amides is 1. The van der Waals surface area contributed by atoms with Gasteiger partial charge in [0.15, 0.2) is 0 Å². The van der Waals surface area contributed by atoms with Crippen LogP contribution in [0.4, 0.5) is 10.1 Å². The van der Waals surface area contributed by atoms with Crippen molar-refractivity contribution in [2.24, 2.45) is 0 Å². The summed E-state index contributed by atoms with van der Waals surface area (Å²) >= 11 is 9.14. The topological polar surface area (TPSA) is 42.0 Å². The zero-order chi connectivity index (χ0) is 15.4. The molecule has 0 radical (unpaired) electrons. The SMILES string of the molecule is CCCc1cc(C(=O)Nc2ccc(F)cc2Br)cc(Cl)n1. The molecule has 1 N–H and O–H groups in total. The van der Waals surface area contributed by atoms with E-state index >= 15 is 0 Å². The van der Waals surface area contributed by atoms with Gasteiger partial charge in [-0.15, -0.1) is 0 Å². The molecule has 2 rings (SSSR count).